The number of hydrogen-bond donors (Lipinski definition) is 1. The molecule has 0 spiro atoms. The molecule has 2 unspecified atom stereocenters. The maximum absolute atomic E-state index is 11.2. The highest BCUT2D eigenvalue weighted by Gasteiger charge is 2.36. The minimum Gasteiger partial charge on any atom is -0.366 e. The van der Waals surface area contributed by atoms with Gasteiger partial charge in [0, 0.05) is 36.3 Å². The maximum Gasteiger partial charge on any atom is 0.294 e. The topological polar surface area (TPSA) is 58.4 Å². The van der Waals surface area contributed by atoms with Crippen LogP contribution in [0.3, 0.4) is 0 Å². The highest BCUT2D eigenvalue weighted by Crippen LogP contribution is 2.36. The molecule has 20 heavy (non-hydrogen) atoms. The number of piperidine rings is 1. The van der Waals surface area contributed by atoms with E-state index < -0.39 is 0 Å². The number of nitrogens with zero attached hydrogens (tertiary/aromatic N) is 2. The quantitative estimate of drug-likeness (QED) is 0.688. The molecule has 5 nitrogen and oxygen atoms in total. The van der Waals surface area contributed by atoms with Gasteiger partial charge < -0.3 is 10.2 Å². The van der Waals surface area contributed by atoms with Gasteiger partial charge in [0.25, 0.3) is 5.69 Å². The number of nitrogens with one attached hydrogen (secondary N) is 1. The fourth-order valence-corrected chi connectivity index (χ4v) is 3.65. The molecule has 3 rings (SSSR count). The van der Waals surface area contributed by atoms with Crippen molar-refractivity contribution in [2.45, 2.75) is 43.8 Å². The lowest BCUT2D eigenvalue weighted by atomic mass is 9.98. The normalized spacial score (nSPS) is 28.4. The Bertz CT molecular complexity index is 525. The van der Waals surface area contributed by atoms with Gasteiger partial charge in [0.05, 0.1) is 4.92 Å². The number of rotatable bonds is 3. The minimum atomic E-state index is -0.354. The van der Waals surface area contributed by atoms with Crippen LogP contribution >= 0.6 is 11.6 Å². The Labute approximate surface area is 123 Å². The summed E-state index contributed by atoms with van der Waals surface area (Å²) < 4.78 is 0. The number of benzene rings is 1. The molecule has 0 aromatic heterocycles. The monoisotopic (exact) mass is 295 g/mol. The largest absolute Gasteiger partial charge is 0.366 e. The van der Waals surface area contributed by atoms with Gasteiger partial charge in [-0.1, -0.05) is 11.6 Å². The molecule has 2 heterocycles. The summed E-state index contributed by atoms with van der Waals surface area (Å²) >= 11 is 5.87. The molecule has 2 bridgehead atoms. The second-order valence-corrected chi connectivity index (χ2v) is 6.20. The van der Waals surface area contributed by atoms with Gasteiger partial charge in [-0.05, 0) is 37.8 Å². The first-order valence-corrected chi connectivity index (χ1v) is 7.35. The van der Waals surface area contributed by atoms with E-state index in [9.17, 15) is 10.1 Å². The van der Waals surface area contributed by atoms with Crippen LogP contribution < -0.4 is 10.2 Å². The number of halogens is 1. The van der Waals surface area contributed by atoms with Crippen LogP contribution in [0.4, 0.5) is 11.4 Å². The highest BCUT2D eigenvalue weighted by atomic mass is 35.5. The van der Waals surface area contributed by atoms with Crippen LogP contribution in [0.5, 0.6) is 0 Å². The van der Waals surface area contributed by atoms with Crippen LogP contribution in [0.2, 0.25) is 5.02 Å². The zero-order valence-corrected chi connectivity index (χ0v) is 12.1. The molecular weight excluding hydrogens is 278 g/mol. The number of fused-ring (bicyclic) bond motifs is 2. The van der Waals surface area contributed by atoms with Crippen molar-refractivity contribution in [3.05, 3.63) is 33.3 Å². The molecule has 0 aliphatic carbocycles. The molecule has 1 aromatic rings. The van der Waals surface area contributed by atoms with E-state index in [2.05, 4.69) is 10.2 Å². The third kappa shape index (κ3) is 2.47. The Morgan fingerprint density at radius 1 is 1.35 bits per heavy atom. The summed E-state index contributed by atoms with van der Waals surface area (Å²) in [7, 11) is 1.95. The zero-order valence-electron chi connectivity index (χ0n) is 11.4. The molecule has 0 radical (unpaired) electrons. The van der Waals surface area contributed by atoms with Crippen molar-refractivity contribution in [3.8, 4) is 0 Å². The summed E-state index contributed by atoms with van der Waals surface area (Å²) in [6, 6.07) is 6.39. The molecule has 1 aromatic carbocycles. The minimum absolute atomic E-state index is 0.0888. The van der Waals surface area contributed by atoms with Gasteiger partial charge in [-0.25, -0.2) is 0 Å². The lowest BCUT2D eigenvalue weighted by Gasteiger charge is -2.36. The van der Waals surface area contributed by atoms with Gasteiger partial charge in [0.2, 0.25) is 0 Å². The molecule has 2 atom stereocenters. The summed E-state index contributed by atoms with van der Waals surface area (Å²) in [5.41, 5.74) is 0.747. The van der Waals surface area contributed by atoms with Gasteiger partial charge in [0.1, 0.15) is 5.69 Å². The van der Waals surface area contributed by atoms with E-state index in [4.69, 9.17) is 11.6 Å². The summed E-state index contributed by atoms with van der Waals surface area (Å²) in [5.74, 6) is 0. The third-order valence-electron chi connectivity index (χ3n) is 4.51. The SMILES string of the molecule is CN(c1ccc(Cl)cc1[N+](=O)[O-])C1CC2CCC(C1)N2. The first kappa shape index (κ1) is 13.6. The van der Waals surface area contributed by atoms with Crippen molar-refractivity contribution in [1.29, 1.82) is 0 Å². The molecule has 0 amide bonds. The molecule has 6 heteroatoms. The van der Waals surface area contributed by atoms with Crippen molar-refractivity contribution in [2.75, 3.05) is 11.9 Å². The van der Waals surface area contributed by atoms with Gasteiger partial charge in [-0.3, -0.25) is 10.1 Å². The van der Waals surface area contributed by atoms with E-state index in [1.54, 1.807) is 12.1 Å². The van der Waals surface area contributed by atoms with Gasteiger partial charge in [-0.15, -0.1) is 0 Å². The lowest BCUT2D eigenvalue weighted by molar-refractivity contribution is -0.384. The van der Waals surface area contributed by atoms with Crippen LogP contribution in [-0.2, 0) is 0 Å². The van der Waals surface area contributed by atoms with E-state index >= 15 is 0 Å². The van der Waals surface area contributed by atoms with Gasteiger partial charge >= 0.3 is 0 Å². The maximum atomic E-state index is 11.2. The van der Waals surface area contributed by atoms with Crippen molar-refractivity contribution in [3.63, 3.8) is 0 Å². The summed E-state index contributed by atoms with van der Waals surface area (Å²) in [4.78, 5) is 12.9. The number of nitro benzene ring substituents is 1. The van der Waals surface area contributed by atoms with E-state index in [1.807, 2.05) is 7.05 Å². The Morgan fingerprint density at radius 3 is 2.60 bits per heavy atom. The van der Waals surface area contributed by atoms with Gasteiger partial charge in [0.15, 0.2) is 0 Å². The Hall–Kier alpha value is -1.33. The van der Waals surface area contributed by atoms with Crippen LogP contribution in [-0.4, -0.2) is 30.1 Å². The van der Waals surface area contributed by atoms with Crippen molar-refractivity contribution in [1.82, 2.24) is 5.32 Å². The van der Waals surface area contributed by atoms with Crippen LogP contribution in [0.1, 0.15) is 25.7 Å². The average molecular weight is 296 g/mol. The van der Waals surface area contributed by atoms with E-state index in [0.717, 1.165) is 12.8 Å². The van der Waals surface area contributed by atoms with E-state index in [1.165, 1.54) is 18.9 Å². The highest BCUT2D eigenvalue weighted by molar-refractivity contribution is 6.30. The molecule has 2 aliphatic rings. The molecule has 2 aliphatic heterocycles. The van der Waals surface area contributed by atoms with Crippen LogP contribution in [0.25, 0.3) is 0 Å². The first-order valence-electron chi connectivity index (χ1n) is 6.97. The third-order valence-corrected chi connectivity index (χ3v) is 4.75. The lowest BCUT2D eigenvalue weighted by Crippen LogP contribution is -2.47. The van der Waals surface area contributed by atoms with Crippen LogP contribution in [0, 0.1) is 10.1 Å². The van der Waals surface area contributed by atoms with E-state index in [-0.39, 0.29) is 10.6 Å². The first-order chi connectivity index (χ1) is 9.54. The predicted molar refractivity (Wildman–Crippen MR) is 79.5 cm³/mol. The number of anilines is 1. The molecule has 2 fully saturated rings. The Morgan fingerprint density at radius 2 is 2.00 bits per heavy atom. The van der Waals surface area contributed by atoms with Crippen molar-refractivity contribution >= 4 is 23.0 Å². The standard InChI is InChI=1S/C14H18ClN3O2/c1-17(12-7-10-3-4-11(8-12)16-10)13-5-2-9(15)6-14(13)18(19)20/h2,5-6,10-12,16H,3-4,7-8H2,1H3. The number of nitro groups is 1. The zero-order chi connectivity index (χ0) is 14.3. The summed E-state index contributed by atoms with van der Waals surface area (Å²) in [6.45, 7) is 0. The predicted octanol–water partition coefficient (Wildman–Crippen LogP) is 2.97. The second-order valence-electron chi connectivity index (χ2n) is 5.76. The Kier molecular flexibility index (Phi) is 3.56. The molecular formula is C14H18ClN3O2. The molecule has 108 valence electrons. The van der Waals surface area contributed by atoms with Crippen molar-refractivity contribution in [2.24, 2.45) is 0 Å². The molecule has 1 N–H and O–H groups in total. The molecule has 2 saturated heterocycles. The van der Waals surface area contributed by atoms with Crippen LogP contribution in [0.15, 0.2) is 18.2 Å². The Balaban J connectivity index is 1.87. The van der Waals surface area contributed by atoms with Crippen molar-refractivity contribution < 1.29 is 4.92 Å². The number of hydrogen-bond acceptors (Lipinski definition) is 4. The average Bonchev–Trinajstić information content (AvgIpc) is 2.76. The summed E-state index contributed by atoms with van der Waals surface area (Å²) in [5, 5.41) is 15.2. The van der Waals surface area contributed by atoms with Gasteiger partial charge in [-0.2, -0.15) is 0 Å². The van der Waals surface area contributed by atoms with E-state index in [0.29, 0.717) is 28.8 Å². The molecule has 0 saturated carbocycles. The summed E-state index contributed by atoms with van der Waals surface area (Å²) in [6.07, 6.45) is 4.54. The fraction of sp³-hybridized carbons (Fsp3) is 0.571. The smallest absolute Gasteiger partial charge is 0.294 e. The second kappa shape index (κ2) is 5.22. The fourth-order valence-electron chi connectivity index (χ4n) is 3.48.